The van der Waals surface area contributed by atoms with Gasteiger partial charge >= 0.3 is 0 Å². The minimum Gasteiger partial charge on any atom is -0.357 e. The first kappa shape index (κ1) is 25.1. The fourth-order valence-electron chi connectivity index (χ4n) is 3.82. The molecule has 0 radical (unpaired) electrons. The zero-order chi connectivity index (χ0) is 20.5. The summed E-state index contributed by atoms with van der Waals surface area (Å²) in [6.45, 7) is 11.1. The number of piperidine rings is 1. The van der Waals surface area contributed by atoms with E-state index < -0.39 is 0 Å². The second kappa shape index (κ2) is 13.3. The van der Waals surface area contributed by atoms with Gasteiger partial charge in [-0.05, 0) is 51.3 Å². The third kappa shape index (κ3) is 7.81. The molecule has 5 nitrogen and oxygen atoms in total. The van der Waals surface area contributed by atoms with Gasteiger partial charge < -0.3 is 10.6 Å². The Morgan fingerprint density at radius 3 is 2.73 bits per heavy atom. The molecule has 1 saturated heterocycles. The van der Waals surface area contributed by atoms with Crippen LogP contribution in [-0.4, -0.2) is 41.5 Å². The van der Waals surface area contributed by atoms with E-state index >= 15 is 0 Å². The number of guanidine groups is 1. The number of thiazole rings is 1. The summed E-state index contributed by atoms with van der Waals surface area (Å²) in [4.78, 5) is 12.0. The van der Waals surface area contributed by atoms with Crippen LogP contribution in [0.2, 0.25) is 0 Å². The zero-order valence-corrected chi connectivity index (χ0v) is 21.6. The van der Waals surface area contributed by atoms with Gasteiger partial charge in [0, 0.05) is 37.5 Å². The summed E-state index contributed by atoms with van der Waals surface area (Å²) in [5, 5.41) is 10.1. The SMILES string of the molecule is CCNC(=NCc1ccccc1CN1CCCCC1C)NCCc1csc(C)n1.I. The second-order valence-electron chi connectivity index (χ2n) is 7.81. The average molecular weight is 542 g/mol. The highest BCUT2D eigenvalue weighted by Gasteiger charge is 2.19. The van der Waals surface area contributed by atoms with Gasteiger partial charge in [0.05, 0.1) is 17.2 Å². The number of hydrogen-bond donors (Lipinski definition) is 2. The lowest BCUT2D eigenvalue weighted by Crippen LogP contribution is -2.38. The number of benzene rings is 1. The Balaban J connectivity index is 0.00000320. The number of aryl methyl sites for hydroxylation is 1. The summed E-state index contributed by atoms with van der Waals surface area (Å²) < 4.78 is 0. The van der Waals surface area contributed by atoms with E-state index in [1.165, 1.54) is 36.9 Å². The monoisotopic (exact) mass is 541 g/mol. The molecule has 0 saturated carbocycles. The minimum absolute atomic E-state index is 0. The van der Waals surface area contributed by atoms with Crippen LogP contribution in [0.4, 0.5) is 0 Å². The van der Waals surface area contributed by atoms with Crippen molar-refractivity contribution >= 4 is 41.3 Å². The van der Waals surface area contributed by atoms with Crippen LogP contribution in [-0.2, 0) is 19.5 Å². The van der Waals surface area contributed by atoms with Gasteiger partial charge in [0.1, 0.15) is 0 Å². The first-order valence-corrected chi connectivity index (χ1v) is 11.8. The molecule has 166 valence electrons. The number of rotatable bonds is 8. The van der Waals surface area contributed by atoms with E-state index in [-0.39, 0.29) is 24.0 Å². The quantitative estimate of drug-likeness (QED) is 0.288. The highest BCUT2D eigenvalue weighted by Crippen LogP contribution is 2.21. The smallest absolute Gasteiger partial charge is 0.191 e. The summed E-state index contributed by atoms with van der Waals surface area (Å²) >= 11 is 1.71. The van der Waals surface area contributed by atoms with Crippen molar-refractivity contribution in [2.75, 3.05) is 19.6 Å². The van der Waals surface area contributed by atoms with Crippen molar-refractivity contribution in [2.24, 2.45) is 4.99 Å². The van der Waals surface area contributed by atoms with E-state index in [4.69, 9.17) is 4.99 Å². The van der Waals surface area contributed by atoms with E-state index in [1.54, 1.807) is 11.3 Å². The van der Waals surface area contributed by atoms with Crippen LogP contribution in [0.3, 0.4) is 0 Å². The fraction of sp³-hybridized carbons (Fsp3) is 0.565. The van der Waals surface area contributed by atoms with Crippen LogP contribution in [0.25, 0.3) is 0 Å². The van der Waals surface area contributed by atoms with Gasteiger partial charge in [0.25, 0.3) is 0 Å². The van der Waals surface area contributed by atoms with Crippen LogP contribution in [0.1, 0.15) is 54.9 Å². The molecule has 1 aliphatic rings. The van der Waals surface area contributed by atoms with E-state index in [1.807, 2.05) is 0 Å². The van der Waals surface area contributed by atoms with E-state index in [2.05, 4.69) is 70.9 Å². The van der Waals surface area contributed by atoms with Crippen LogP contribution in [0.15, 0.2) is 34.6 Å². The molecule has 0 amide bonds. The van der Waals surface area contributed by atoms with E-state index in [9.17, 15) is 0 Å². The van der Waals surface area contributed by atoms with Crippen molar-refractivity contribution in [3.63, 3.8) is 0 Å². The van der Waals surface area contributed by atoms with Gasteiger partial charge in [-0.1, -0.05) is 30.7 Å². The summed E-state index contributed by atoms with van der Waals surface area (Å²) in [6, 6.07) is 9.43. The molecular weight excluding hydrogens is 505 g/mol. The maximum absolute atomic E-state index is 4.85. The van der Waals surface area contributed by atoms with Crippen molar-refractivity contribution in [3.05, 3.63) is 51.5 Å². The lowest BCUT2D eigenvalue weighted by molar-refractivity contribution is 0.152. The van der Waals surface area contributed by atoms with Gasteiger partial charge in [-0.15, -0.1) is 35.3 Å². The summed E-state index contributed by atoms with van der Waals surface area (Å²) in [6.07, 6.45) is 4.91. The fourth-order valence-corrected chi connectivity index (χ4v) is 4.46. The highest BCUT2D eigenvalue weighted by molar-refractivity contribution is 14.0. The topological polar surface area (TPSA) is 52.6 Å². The number of aromatic nitrogens is 1. The molecule has 1 fully saturated rings. The Labute approximate surface area is 202 Å². The molecule has 0 aliphatic carbocycles. The van der Waals surface area contributed by atoms with Crippen LogP contribution in [0.5, 0.6) is 0 Å². The molecule has 1 aliphatic heterocycles. The lowest BCUT2D eigenvalue weighted by Gasteiger charge is -2.33. The van der Waals surface area contributed by atoms with Gasteiger partial charge in [0.15, 0.2) is 5.96 Å². The second-order valence-corrected chi connectivity index (χ2v) is 8.88. The predicted molar refractivity (Wildman–Crippen MR) is 139 cm³/mol. The number of hydrogen-bond acceptors (Lipinski definition) is 4. The average Bonchev–Trinajstić information content (AvgIpc) is 3.14. The van der Waals surface area contributed by atoms with Crippen molar-refractivity contribution in [2.45, 2.75) is 65.6 Å². The third-order valence-electron chi connectivity index (χ3n) is 5.52. The number of likely N-dealkylation sites (tertiary alicyclic amines) is 1. The Morgan fingerprint density at radius 1 is 1.23 bits per heavy atom. The number of nitrogens with zero attached hydrogens (tertiary/aromatic N) is 3. The molecule has 1 unspecified atom stereocenters. The van der Waals surface area contributed by atoms with Gasteiger partial charge in [-0.3, -0.25) is 4.90 Å². The maximum atomic E-state index is 4.85. The molecule has 2 aromatic rings. The number of nitrogens with one attached hydrogen (secondary N) is 2. The van der Waals surface area contributed by atoms with Gasteiger partial charge in [-0.2, -0.15) is 0 Å². The largest absolute Gasteiger partial charge is 0.357 e. The maximum Gasteiger partial charge on any atom is 0.191 e. The first-order valence-electron chi connectivity index (χ1n) is 10.9. The van der Waals surface area contributed by atoms with Crippen LogP contribution in [0, 0.1) is 6.92 Å². The molecule has 30 heavy (non-hydrogen) atoms. The number of halogens is 1. The predicted octanol–water partition coefficient (Wildman–Crippen LogP) is 4.74. The lowest BCUT2D eigenvalue weighted by atomic mass is 10.0. The normalized spacial score (nSPS) is 17.4. The van der Waals surface area contributed by atoms with Gasteiger partial charge in [0.2, 0.25) is 0 Å². The van der Waals surface area contributed by atoms with Crippen molar-refractivity contribution in [1.29, 1.82) is 0 Å². The molecule has 0 spiro atoms. The van der Waals surface area contributed by atoms with Crippen molar-refractivity contribution in [1.82, 2.24) is 20.5 Å². The summed E-state index contributed by atoms with van der Waals surface area (Å²) in [5.41, 5.74) is 3.87. The molecule has 0 bridgehead atoms. The van der Waals surface area contributed by atoms with Crippen molar-refractivity contribution < 1.29 is 0 Å². The van der Waals surface area contributed by atoms with E-state index in [0.29, 0.717) is 12.6 Å². The molecule has 1 aromatic carbocycles. The van der Waals surface area contributed by atoms with Gasteiger partial charge in [-0.25, -0.2) is 9.98 Å². The minimum atomic E-state index is 0. The number of aliphatic imine (C=N–C) groups is 1. The Bertz CT molecular complexity index is 791. The van der Waals surface area contributed by atoms with Crippen LogP contribution >= 0.6 is 35.3 Å². The van der Waals surface area contributed by atoms with Crippen molar-refractivity contribution in [3.8, 4) is 0 Å². The first-order chi connectivity index (χ1) is 14.2. The molecule has 3 rings (SSSR count). The third-order valence-corrected chi connectivity index (χ3v) is 6.35. The molecule has 1 atom stereocenters. The Hall–Kier alpha value is -1.19. The molecule has 1 aromatic heterocycles. The molecule has 2 heterocycles. The summed E-state index contributed by atoms with van der Waals surface area (Å²) in [5.74, 6) is 0.876. The highest BCUT2D eigenvalue weighted by atomic mass is 127. The molecule has 7 heteroatoms. The standard InChI is InChI=1S/C23H35N5S.HI/c1-4-24-23(25-13-12-22-17-29-19(3)27-22)26-15-20-10-5-6-11-21(20)16-28-14-8-7-9-18(28)2;/h5-6,10-11,17-18H,4,7-9,12-16H2,1-3H3,(H2,24,25,26);1H. The Morgan fingerprint density at radius 2 is 2.03 bits per heavy atom. The molecular formula is C23H36IN5S. The zero-order valence-electron chi connectivity index (χ0n) is 18.5. The van der Waals surface area contributed by atoms with E-state index in [0.717, 1.165) is 42.7 Å². The Kier molecular flexibility index (Phi) is 11.1. The summed E-state index contributed by atoms with van der Waals surface area (Å²) in [7, 11) is 0. The molecule has 2 N–H and O–H groups in total. The van der Waals surface area contributed by atoms with Crippen LogP contribution < -0.4 is 10.6 Å².